The molecule has 0 fully saturated rings. The van der Waals surface area contributed by atoms with E-state index < -0.39 is 5.97 Å². The summed E-state index contributed by atoms with van der Waals surface area (Å²) in [6, 6.07) is 1.63. The number of hydrogen-bond donors (Lipinski definition) is 1. The Hall–Kier alpha value is -2.43. The van der Waals surface area contributed by atoms with Crippen LogP contribution in [0.25, 0.3) is 11.4 Å². The second-order valence-electron chi connectivity index (χ2n) is 6.96. The van der Waals surface area contributed by atoms with Gasteiger partial charge in [-0.05, 0) is 42.7 Å². The average Bonchev–Trinajstić information content (AvgIpc) is 3.50. The molecule has 0 bridgehead atoms. The fourth-order valence-corrected chi connectivity index (χ4v) is 6.20. The zero-order valence-electron chi connectivity index (χ0n) is 17.1. The smallest absolute Gasteiger partial charge is 0.340 e. The SMILES string of the molecule is C=CCn1c(SCC(=O)Nc2sccc2C(=O)OC)nnc1-c1csc2c1CCCC2. The molecule has 0 radical (unpaired) electrons. The third-order valence-electron chi connectivity index (χ3n) is 4.99. The number of aromatic nitrogens is 3. The molecule has 0 unspecified atom stereocenters. The van der Waals surface area contributed by atoms with Crippen molar-refractivity contribution >= 4 is 51.3 Å². The molecule has 0 aromatic carbocycles. The Bertz CT molecular complexity index is 1120. The maximum absolute atomic E-state index is 12.5. The van der Waals surface area contributed by atoms with Crippen LogP contribution in [0.15, 0.2) is 34.6 Å². The van der Waals surface area contributed by atoms with E-state index >= 15 is 0 Å². The van der Waals surface area contributed by atoms with Crippen LogP contribution >= 0.6 is 34.4 Å². The van der Waals surface area contributed by atoms with Gasteiger partial charge in [0, 0.05) is 22.4 Å². The first-order valence-corrected chi connectivity index (χ1v) is 12.6. The van der Waals surface area contributed by atoms with Gasteiger partial charge in [0.2, 0.25) is 5.91 Å². The largest absolute Gasteiger partial charge is 0.465 e. The number of amides is 1. The van der Waals surface area contributed by atoms with Crippen molar-refractivity contribution in [3.05, 3.63) is 45.5 Å². The minimum absolute atomic E-state index is 0.148. The predicted molar refractivity (Wildman–Crippen MR) is 125 cm³/mol. The molecule has 31 heavy (non-hydrogen) atoms. The van der Waals surface area contributed by atoms with Crippen molar-refractivity contribution in [1.29, 1.82) is 0 Å². The molecule has 1 aliphatic carbocycles. The topological polar surface area (TPSA) is 86.1 Å². The number of anilines is 1. The zero-order chi connectivity index (χ0) is 21.8. The molecule has 10 heteroatoms. The van der Waals surface area contributed by atoms with Crippen molar-refractivity contribution in [1.82, 2.24) is 14.8 Å². The van der Waals surface area contributed by atoms with E-state index in [-0.39, 0.29) is 11.7 Å². The van der Waals surface area contributed by atoms with Crippen molar-refractivity contribution in [2.24, 2.45) is 0 Å². The van der Waals surface area contributed by atoms with Crippen molar-refractivity contribution < 1.29 is 14.3 Å². The van der Waals surface area contributed by atoms with Gasteiger partial charge in [-0.15, -0.1) is 39.4 Å². The third-order valence-corrected chi connectivity index (χ3v) is 7.87. The number of esters is 1. The van der Waals surface area contributed by atoms with Gasteiger partial charge >= 0.3 is 5.97 Å². The van der Waals surface area contributed by atoms with E-state index in [1.165, 1.54) is 53.5 Å². The van der Waals surface area contributed by atoms with Gasteiger partial charge in [0.15, 0.2) is 11.0 Å². The first-order valence-electron chi connectivity index (χ1n) is 9.84. The summed E-state index contributed by atoms with van der Waals surface area (Å²) >= 11 is 4.39. The van der Waals surface area contributed by atoms with E-state index in [1.54, 1.807) is 22.8 Å². The minimum atomic E-state index is -0.473. The second kappa shape index (κ2) is 9.80. The van der Waals surface area contributed by atoms with Crippen LogP contribution < -0.4 is 5.32 Å². The zero-order valence-corrected chi connectivity index (χ0v) is 19.5. The van der Waals surface area contributed by atoms with Crippen molar-refractivity contribution in [3.63, 3.8) is 0 Å². The number of aryl methyl sites for hydroxylation is 1. The van der Waals surface area contributed by atoms with E-state index in [1.807, 2.05) is 10.6 Å². The molecule has 1 amide bonds. The number of thioether (sulfide) groups is 1. The number of ether oxygens (including phenoxy) is 1. The number of allylic oxidation sites excluding steroid dienone is 1. The highest BCUT2D eigenvalue weighted by molar-refractivity contribution is 7.99. The maximum Gasteiger partial charge on any atom is 0.340 e. The Morgan fingerprint density at radius 1 is 1.32 bits per heavy atom. The van der Waals surface area contributed by atoms with Gasteiger partial charge < -0.3 is 10.1 Å². The lowest BCUT2D eigenvalue weighted by atomic mass is 9.95. The molecule has 3 aromatic heterocycles. The standard InChI is InChI=1S/C21H22N4O3S3/c1-3-9-25-18(15-11-30-16-7-5-4-6-13(15)16)23-24-21(25)31-12-17(26)22-19-14(8-10-29-19)20(27)28-2/h3,8,10-11H,1,4-7,9,12H2,2H3,(H,22,26). The Morgan fingerprint density at radius 3 is 2.97 bits per heavy atom. The number of fused-ring (bicyclic) bond motifs is 1. The summed E-state index contributed by atoms with van der Waals surface area (Å²) in [5, 5.41) is 16.6. The highest BCUT2D eigenvalue weighted by atomic mass is 32.2. The monoisotopic (exact) mass is 474 g/mol. The summed E-state index contributed by atoms with van der Waals surface area (Å²) in [4.78, 5) is 25.7. The van der Waals surface area contributed by atoms with Crippen LogP contribution in [0.3, 0.4) is 0 Å². The molecule has 1 N–H and O–H groups in total. The highest BCUT2D eigenvalue weighted by Crippen LogP contribution is 2.37. The van der Waals surface area contributed by atoms with Crippen molar-refractivity contribution in [2.75, 3.05) is 18.2 Å². The summed E-state index contributed by atoms with van der Waals surface area (Å²) in [6.07, 6.45) is 6.45. The molecule has 3 heterocycles. The molecule has 3 aromatic rings. The number of carbonyl (C=O) groups is 2. The molecular formula is C21H22N4O3S3. The van der Waals surface area contributed by atoms with Gasteiger partial charge in [0.1, 0.15) is 5.00 Å². The Morgan fingerprint density at radius 2 is 2.16 bits per heavy atom. The molecule has 1 aliphatic rings. The van der Waals surface area contributed by atoms with Crippen LogP contribution in [0, 0.1) is 0 Å². The van der Waals surface area contributed by atoms with E-state index in [9.17, 15) is 9.59 Å². The molecule has 0 aliphatic heterocycles. The molecule has 0 saturated heterocycles. The number of nitrogens with zero attached hydrogens (tertiary/aromatic N) is 3. The van der Waals surface area contributed by atoms with E-state index in [4.69, 9.17) is 4.74 Å². The van der Waals surface area contributed by atoms with Gasteiger partial charge in [0.05, 0.1) is 18.4 Å². The molecule has 0 spiro atoms. The van der Waals surface area contributed by atoms with Gasteiger partial charge in [-0.25, -0.2) is 4.79 Å². The number of nitrogens with one attached hydrogen (secondary N) is 1. The number of hydrogen-bond acceptors (Lipinski definition) is 8. The summed E-state index contributed by atoms with van der Waals surface area (Å²) in [5.41, 5.74) is 2.88. The summed E-state index contributed by atoms with van der Waals surface area (Å²) in [7, 11) is 1.32. The molecular weight excluding hydrogens is 452 g/mol. The Labute approximate surface area is 192 Å². The summed E-state index contributed by atoms with van der Waals surface area (Å²) in [6.45, 7) is 4.43. The van der Waals surface area contributed by atoms with Gasteiger partial charge in [-0.2, -0.15) is 0 Å². The lowest BCUT2D eigenvalue weighted by Crippen LogP contribution is -2.16. The summed E-state index contributed by atoms with van der Waals surface area (Å²) in [5.74, 6) is 0.280. The number of methoxy groups -OCH3 is 1. The van der Waals surface area contributed by atoms with Crippen molar-refractivity contribution in [2.45, 2.75) is 37.4 Å². The number of rotatable bonds is 8. The normalized spacial score (nSPS) is 12.9. The third kappa shape index (κ3) is 4.60. The lowest BCUT2D eigenvalue weighted by molar-refractivity contribution is -0.113. The van der Waals surface area contributed by atoms with Crippen LogP contribution in [0.4, 0.5) is 5.00 Å². The Balaban J connectivity index is 1.49. The van der Waals surface area contributed by atoms with E-state index in [0.29, 0.717) is 22.3 Å². The van der Waals surface area contributed by atoms with Crippen LogP contribution in [0.1, 0.15) is 33.6 Å². The quantitative estimate of drug-likeness (QED) is 0.291. The van der Waals surface area contributed by atoms with Crippen LogP contribution in [-0.4, -0.2) is 39.5 Å². The van der Waals surface area contributed by atoms with Crippen LogP contribution in [0.5, 0.6) is 0 Å². The summed E-state index contributed by atoms with van der Waals surface area (Å²) < 4.78 is 6.75. The maximum atomic E-state index is 12.5. The lowest BCUT2D eigenvalue weighted by Gasteiger charge is -2.13. The Kier molecular flexibility index (Phi) is 6.89. The van der Waals surface area contributed by atoms with E-state index in [0.717, 1.165) is 24.2 Å². The van der Waals surface area contributed by atoms with Crippen molar-refractivity contribution in [3.8, 4) is 11.4 Å². The fraction of sp³-hybridized carbons (Fsp3) is 0.333. The second-order valence-corrected chi connectivity index (χ2v) is 9.78. The number of thiophene rings is 2. The first-order chi connectivity index (χ1) is 15.1. The minimum Gasteiger partial charge on any atom is -0.465 e. The molecule has 4 rings (SSSR count). The molecule has 7 nitrogen and oxygen atoms in total. The predicted octanol–water partition coefficient (Wildman–Crippen LogP) is 4.65. The average molecular weight is 475 g/mol. The first kappa shape index (κ1) is 21.8. The number of carbonyl (C=O) groups excluding carboxylic acids is 2. The van der Waals surface area contributed by atoms with Crippen LogP contribution in [-0.2, 0) is 28.9 Å². The highest BCUT2D eigenvalue weighted by Gasteiger charge is 2.22. The molecule has 162 valence electrons. The van der Waals surface area contributed by atoms with Crippen LogP contribution in [0.2, 0.25) is 0 Å². The van der Waals surface area contributed by atoms with Gasteiger partial charge in [0.25, 0.3) is 0 Å². The van der Waals surface area contributed by atoms with Gasteiger partial charge in [-0.1, -0.05) is 17.8 Å². The molecule has 0 atom stereocenters. The fourth-order valence-electron chi connectivity index (χ4n) is 3.54. The van der Waals surface area contributed by atoms with Gasteiger partial charge in [-0.3, -0.25) is 9.36 Å². The molecule has 0 saturated carbocycles. The van der Waals surface area contributed by atoms with E-state index in [2.05, 4.69) is 27.5 Å².